The predicted molar refractivity (Wildman–Crippen MR) is 154 cm³/mol. The van der Waals surface area contributed by atoms with Crippen LogP contribution in [-0.4, -0.2) is 41.6 Å². The monoisotopic (exact) mass is 554 g/mol. The molecule has 2 fully saturated rings. The molecule has 10 atom stereocenters. The van der Waals surface area contributed by atoms with Crippen LogP contribution in [0.15, 0.2) is 34.9 Å². The van der Waals surface area contributed by atoms with Crippen molar-refractivity contribution >= 4 is 11.9 Å². The van der Waals surface area contributed by atoms with E-state index in [4.69, 9.17) is 14.2 Å². The van der Waals surface area contributed by atoms with Crippen LogP contribution >= 0.6 is 0 Å². The molecule has 6 nitrogen and oxygen atoms in total. The van der Waals surface area contributed by atoms with Crippen molar-refractivity contribution in [3.8, 4) is 0 Å². The van der Waals surface area contributed by atoms with Crippen molar-refractivity contribution in [2.75, 3.05) is 0 Å². The predicted octanol–water partition coefficient (Wildman–Crippen LogP) is 6.67. The molecule has 4 aliphatic carbocycles. The van der Waals surface area contributed by atoms with Crippen molar-refractivity contribution in [3.63, 3.8) is 0 Å². The second-order valence-electron chi connectivity index (χ2n) is 14.7. The summed E-state index contributed by atoms with van der Waals surface area (Å²) in [6, 6.07) is 0. The zero-order chi connectivity index (χ0) is 29.4. The van der Waals surface area contributed by atoms with Crippen molar-refractivity contribution in [1.29, 1.82) is 0 Å². The molecule has 0 saturated heterocycles. The summed E-state index contributed by atoms with van der Waals surface area (Å²) in [5.74, 6) is 0.348. The van der Waals surface area contributed by atoms with Gasteiger partial charge in [-0.05, 0) is 90.8 Å². The number of carbonyl (C=O) groups excluding carboxylic acids is 2. The second-order valence-corrected chi connectivity index (χ2v) is 14.7. The fourth-order valence-electron chi connectivity index (χ4n) is 9.94. The SMILES string of the molecule is CC(=O)O[C@H]1CC[C@]2(C)C3=CC[C@]4(C)[C@@H]([C@H](C)[C@@H]5CC=C(C)[C@@H](O)O5)C[C@H](OC(C)=O)[C@@]4(C)C3=CC[C@H]2C1(C)C. The largest absolute Gasteiger partial charge is 0.462 e. The van der Waals surface area contributed by atoms with Crippen LogP contribution in [0.5, 0.6) is 0 Å². The van der Waals surface area contributed by atoms with Crippen LogP contribution in [0.25, 0.3) is 0 Å². The van der Waals surface area contributed by atoms with Gasteiger partial charge >= 0.3 is 11.9 Å². The van der Waals surface area contributed by atoms with Crippen LogP contribution in [0.1, 0.15) is 101 Å². The van der Waals surface area contributed by atoms with E-state index in [1.165, 1.54) is 25.0 Å². The summed E-state index contributed by atoms with van der Waals surface area (Å²) >= 11 is 0. The molecule has 0 aromatic rings. The van der Waals surface area contributed by atoms with E-state index in [0.29, 0.717) is 5.92 Å². The molecular formula is C34H50O6. The molecule has 0 aromatic heterocycles. The molecule has 6 heteroatoms. The van der Waals surface area contributed by atoms with Gasteiger partial charge in [0.25, 0.3) is 0 Å². The zero-order valence-corrected chi connectivity index (χ0v) is 26.0. The number of esters is 2. The highest BCUT2D eigenvalue weighted by atomic mass is 16.6. The topological polar surface area (TPSA) is 82.1 Å². The van der Waals surface area contributed by atoms with Crippen LogP contribution in [-0.2, 0) is 23.8 Å². The molecule has 0 radical (unpaired) electrons. The van der Waals surface area contributed by atoms with Gasteiger partial charge in [-0.3, -0.25) is 9.59 Å². The summed E-state index contributed by atoms with van der Waals surface area (Å²) in [6.45, 7) is 18.9. The molecule has 1 aliphatic heterocycles. The maximum Gasteiger partial charge on any atom is 0.302 e. The number of allylic oxidation sites excluding steroid dienone is 3. The quantitative estimate of drug-likeness (QED) is 0.309. The third-order valence-corrected chi connectivity index (χ3v) is 12.5. The summed E-state index contributed by atoms with van der Waals surface area (Å²) in [7, 11) is 0. The van der Waals surface area contributed by atoms with E-state index in [1.54, 1.807) is 0 Å². The minimum Gasteiger partial charge on any atom is -0.462 e. The Morgan fingerprint density at radius 3 is 2.25 bits per heavy atom. The molecule has 0 spiro atoms. The van der Waals surface area contributed by atoms with E-state index in [1.807, 2.05) is 6.92 Å². The van der Waals surface area contributed by atoms with Crippen LogP contribution in [0.3, 0.4) is 0 Å². The van der Waals surface area contributed by atoms with E-state index in [-0.39, 0.29) is 63.7 Å². The molecule has 1 N–H and O–H groups in total. The minimum atomic E-state index is -0.854. The number of aliphatic hydroxyl groups excluding tert-OH is 1. The van der Waals surface area contributed by atoms with Gasteiger partial charge in [0.2, 0.25) is 0 Å². The molecule has 2 saturated carbocycles. The van der Waals surface area contributed by atoms with Crippen LogP contribution < -0.4 is 0 Å². The van der Waals surface area contributed by atoms with Crippen LogP contribution in [0, 0.1) is 39.4 Å². The van der Waals surface area contributed by atoms with Crippen molar-refractivity contribution in [2.45, 2.75) is 125 Å². The Bertz CT molecular complexity index is 1160. The van der Waals surface area contributed by atoms with E-state index >= 15 is 0 Å². The Morgan fingerprint density at radius 1 is 0.975 bits per heavy atom. The number of aliphatic hydroxyl groups is 1. The second kappa shape index (κ2) is 9.83. The van der Waals surface area contributed by atoms with Crippen molar-refractivity contribution in [1.82, 2.24) is 0 Å². The standard InChI is InChI=1S/C34H50O6/c1-19-10-12-26(40-30(19)37)20(2)25-18-29(39-22(4)36)34(9)24-11-13-27-31(5,6)28(38-21(3)35)15-16-32(27,7)23(24)14-17-33(25,34)8/h10-11,14,20,25-30,37H,12-13,15-18H2,1-9H3/t20-,25+,26-,27-,28-,29-,30-,32+,33+,34+/m0/s1. The van der Waals surface area contributed by atoms with E-state index < -0.39 is 6.29 Å². The summed E-state index contributed by atoms with van der Waals surface area (Å²) < 4.78 is 18.2. The van der Waals surface area contributed by atoms with Gasteiger partial charge in [0, 0.05) is 24.7 Å². The minimum absolute atomic E-state index is 0.0437. The van der Waals surface area contributed by atoms with Gasteiger partial charge in [0.1, 0.15) is 12.2 Å². The fraction of sp³-hybridized carbons (Fsp3) is 0.765. The van der Waals surface area contributed by atoms with E-state index in [2.05, 4.69) is 59.8 Å². The molecule has 1 heterocycles. The molecule has 0 aromatic carbocycles. The highest BCUT2D eigenvalue weighted by molar-refractivity contribution is 5.67. The van der Waals surface area contributed by atoms with Gasteiger partial charge in [-0.2, -0.15) is 0 Å². The Hall–Kier alpha value is -1.92. The lowest BCUT2D eigenvalue weighted by Gasteiger charge is -2.61. The third-order valence-electron chi connectivity index (χ3n) is 12.5. The zero-order valence-electron chi connectivity index (χ0n) is 26.0. The maximum absolute atomic E-state index is 12.5. The Morgan fingerprint density at radius 2 is 1.62 bits per heavy atom. The lowest BCUT2D eigenvalue weighted by atomic mass is 9.44. The van der Waals surface area contributed by atoms with Crippen LogP contribution in [0.4, 0.5) is 0 Å². The van der Waals surface area contributed by atoms with Crippen molar-refractivity contribution in [3.05, 3.63) is 34.9 Å². The molecule has 0 bridgehead atoms. The first-order valence-electron chi connectivity index (χ1n) is 15.3. The maximum atomic E-state index is 12.5. The molecule has 5 aliphatic rings. The normalized spacial score (nSPS) is 44.6. The summed E-state index contributed by atoms with van der Waals surface area (Å²) in [6.07, 6.45) is 11.0. The van der Waals surface area contributed by atoms with Gasteiger partial charge < -0.3 is 19.3 Å². The summed E-state index contributed by atoms with van der Waals surface area (Å²) in [5, 5.41) is 10.5. The molecule has 5 rings (SSSR count). The lowest BCUT2D eigenvalue weighted by Crippen LogP contribution is -2.56. The Kier molecular flexibility index (Phi) is 7.27. The first-order chi connectivity index (χ1) is 18.6. The number of fused-ring (bicyclic) bond motifs is 5. The number of ether oxygens (including phenoxy) is 3. The highest BCUT2D eigenvalue weighted by Gasteiger charge is 2.68. The number of carbonyl (C=O) groups is 2. The molecule has 0 amide bonds. The average molecular weight is 555 g/mol. The first kappa shape index (κ1) is 29.6. The highest BCUT2D eigenvalue weighted by Crippen LogP contribution is 2.72. The number of hydrogen-bond donors (Lipinski definition) is 1. The molecule has 222 valence electrons. The van der Waals surface area contributed by atoms with Crippen LogP contribution in [0.2, 0.25) is 0 Å². The number of hydrogen-bond acceptors (Lipinski definition) is 6. The fourth-order valence-corrected chi connectivity index (χ4v) is 9.94. The van der Waals surface area contributed by atoms with E-state index in [9.17, 15) is 14.7 Å². The van der Waals surface area contributed by atoms with E-state index in [0.717, 1.165) is 44.1 Å². The molecule has 40 heavy (non-hydrogen) atoms. The van der Waals surface area contributed by atoms with Crippen molar-refractivity contribution < 1.29 is 28.9 Å². The third kappa shape index (κ3) is 4.18. The van der Waals surface area contributed by atoms with Gasteiger partial charge in [-0.15, -0.1) is 0 Å². The molecule has 0 unspecified atom stereocenters. The first-order valence-corrected chi connectivity index (χ1v) is 15.3. The lowest BCUT2D eigenvalue weighted by molar-refractivity contribution is -0.166. The van der Waals surface area contributed by atoms with Gasteiger partial charge in [-0.25, -0.2) is 0 Å². The Labute approximate surface area is 240 Å². The number of rotatable bonds is 4. The Balaban J connectivity index is 1.55. The van der Waals surface area contributed by atoms with Gasteiger partial charge in [0.05, 0.1) is 6.10 Å². The van der Waals surface area contributed by atoms with Gasteiger partial charge in [-0.1, -0.05) is 59.8 Å². The van der Waals surface area contributed by atoms with Crippen molar-refractivity contribution in [2.24, 2.45) is 39.4 Å². The summed E-state index contributed by atoms with van der Waals surface area (Å²) in [5.41, 5.74) is 2.95. The van der Waals surface area contributed by atoms with Gasteiger partial charge in [0.15, 0.2) is 6.29 Å². The molecular weight excluding hydrogens is 504 g/mol. The smallest absolute Gasteiger partial charge is 0.302 e. The average Bonchev–Trinajstić information content (AvgIpc) is 3.09. The summed E-state index contributed by atoms with van der Waals surface area (Å²) in [4.78, 5) is 24.4.